The fourth-order valence-electron chi connectivity index (χ4n) is 2.59. The minimum Gasteiger partial charge on any atom is -0.464 e. The zero-order chi connectivity index (χ0) is 13.8. The van der Waals surface area contributed by atoms with Crippen molar-refractivity contribution < 1.29 is 9.53 Å². The van der Waals surface area contributed by atoms with E-state index in [0.717, 1.165) is 11.7 Å². The number of carbonyl (C=O) groups excluding carboxylic acids is 1. The van der Waals surface area contributed by atoms with Crippen LogP contribution in [-0.2, 0) is 4.74 Å². The molecule has 1 fully saturated rings. The van der Waals surface area contributed by atoms with Crippen molar-refractivity contribution in [2.75, 3.05) is 18.6 Å². The molecule has 4 nitrogen and oxygen atoms in total. The lowest BCUT2D eigenvalue weighted by atomic mass is 10.1. The van der Waals surface area contributed by atoms with E-state index in [4.69, 9.17) is 4.74 Å². The third-order valence-electron chi connectivity index (χ3n) is 3.46. The SMILES string of the molecule is COC(=O)c1csc(N(CC(C)C)C2CCCC2)n1. The van der Waals surface area contributed by atoms with Crippen molar-refractivity contribution in [1.82, 2.24) is 4.98 Å². The highest BCUT2D eigenvalue weighted by molar-refractivity contribution is 7.13. The van der Waals surface area contributed by atoms with Crippen LogP contribution >= 0.6 is 11.3 Å². The molecule has 1 heterocycles. The van der Waals surface area contributed by atoms with Gasteiger partial charge in [-0.3, -0.25) is 0 Å². The second kappa shape index (κ2) is 6.37. The standard InChI is InChI=1S/C14H22N2O2S/c1-10(2)8-16(11-6-4-5-7-11)14-15-12(9-19-14)13(17)18-3/h9-11H,4-8H2,1-3H3. The van der Waals surface area contributed by atoms with E-state index in [2.05, 4.69) is 23.7 Å². The highest BCUT2D eigenvalue weighted by Gasteiger charge is 2.26. The first kappa shape index (κ1) is 14.3. The van der Waals surface area contributed by atoms with Crippen molar-refractivity contribution in [2.24, 2.45) is 5.92 Å². The van der Waals surface area contributed by atoms with Crippen LogP contribution in [0.2, 0.25) is 0 Å². The number of carbonyl (C=O) groups is 1. The highest BCUT2D eigenvalue weighted by Crippen LogP contribution is 2.31. The Bertz CT molecular complexity index is 425. The van der Waals surface area contributed by atoms with E-state index in [9.17, 15) is 4.79 Å². The van der Waals surface area contributed by atoms with Gasteiger partial charge in [0.1, 0.15) is 0 Å². The van der Waals surface area contributed by atoms with Gasteiger partial charge in [-0.25, -0.2) is 9.78 Å². The predicted molar refractivity (Wildman–Crippen MR) is 77.9 cm³/mol. The molecule has 106 valence electrons. The van der Waals surface area contributed by atoms with E-state index >= 15 is 0 Å². The molecule has 0 atom stereocenters. The Hall–Kier alpha value is -1.10. The van der Waals surface area contributed by atoms with Crippen LogP contribution in [0.1, 0.15) is 50.0 Å². The van der Waals surface area contributed by atoms with Crippen LogP contribution in [0.15, 0.2) is 5.38 Å². The first-order valence-electron chi connectivity index (χ1n) is 6.92. The van der Waals surface area contributed by atoms with Crippen LogP contribution in [0.4, 0.5) is 5.13 Å². The molecule has 1 saturated carbocycles. The van der Waals surface area contributed by atoms with E-state index < -0.39 is 0 Å². The molecule has 0 N–H and O–H groups in total. The molecular weight excluding hydrogens is 260 g/mol. The average Bonchev–Trinajstić information content (AvgIpc) is 3.05. The third kappa shape index (κ3) is 3.47. The van der Waals surface area contributed by atoms with Crippen molar-refractivity contribution >= 4 is 22.4 Å². The average molecular weight is 282 g/mol. The van der Waals surface area contributed by atoms with Gasteiger partial charge < -0.3 is 9.64 Å². The predicted octanol–water partition coefficient (Wildman–Crippen LogP) is 3.33. The fourth-order valence-corrected chi connectivity index (χ4v) is 3.46. The molecule has 1 aromatic heterocycles. The molecule has 0 aliphatic heterocycles. The zero-order valence-electron chi connectivity index (χ0n) is 11.9. The minimum atomic E-state index is -0.349. The van der Waals surface area contributed by atoms with E-state index in [1.54, 1.807) is 16.7 Å². The summed E-state index contributed by atoms with van der Waals surface area (Å²) in [5, 5.41) is 2.75. The van der Waals surface area contributed by atoms with Gasteiger partial charge in [0.15, 0.2) is 10.8 Å². The minimum absolute atomic E-state index is 0.349. The molecule has 0 aromatic carbocycles. The molecule has 0 spiro atoms. The summed E-state index contributed by atoms with van der Waals surface area (Å²) in [5.74, 6) is 0.240. The molecular formula is C14H22N2O2S. The van der Waals surface area contributed by atoms with Crippen molar-refractivity contribution in [1.29, 1.82) is 0 Å². The molecule has 0 unspecified atom stereocenters. The van der Waals surface area contributed by atoms with Crippen LogP contribution < -0.4 is 4.90 Å². The molecule has 2 rings (SSSR count). The maximum absolute atomic E-state index is 11.5. The Balaban J connectivity index is 2.17. The topological polar surface area (TPSA) is 42.4 Å². The molecule has 19 heavy (non-hydrogen) atoms. The third-order valence-corrected chi connectivity index (χ3v) is 4.34. The lowest BCUT2D eigenvalue weighted by molar-refractivity contribution is 0.0595. The molecule has 0 bridgehead atoms. The van der Waals surface area contributed by atoms with E-state index in [1.807, 2.05) is 0 Å². The Morgan fingerprint density at radius 3 is 2.79 bits per heavy atom. The highest BCUT2D eigenvalue weighted by atomic mass is 32.1. The van der Waals surface area contributed by atoms with Crippen molar-refractivity contribution in [2.45, 2.75) is 45.6 Å². The molecule has 0 radical (unpaired) electrons. The fraction of sp³-hybridized carbons (Fsp3) is 0.714. The van der Waals surface area contributed by atoms with Crippen molar-refractivity contribution in [3.8, 4) is 0 Å². The van der Waals surface area contributed by atoms with Crippen LogP contribution in [-0.4, -0.2) is 30.6 Å². The smallest absolute Gasteiger partial charge is 0.357 e. The van der Waals surface area contributed by atoms with Gasteiger partial charge in [0.25, 0.3) is 0 Å². The number of nitrogens with zero attached hydrogens (tertiary/aromatic N) is 2. The van der Waals surface area contributed by atoms with Crippen molar-refractivity contribution in [3.05, 3.63) is 11.1 Å². The van der Waals surface area contributed by atoms with Gasteiger partial charge in [0, 0.05) is 18.0 Å². The lowest BCUT2D eigenvalue weighted by Crippen LogP contribution is -2.36. The summed E-state index contributed by atoms with van der Waals surface area (Å²) in [6.07, 6.45) is 5.07. The number of thiazole rings is 1. The second-order valence-electron chi connectivity index (χ2n) is 5.49. The number of methoxy groups -OCH3 is 1. The summed E-state index contributed by atoms with van der Waals surface area (Å²) in [4.78, 5) is 18.3. The molecule has 1 aliphatic rings. The van der Waals surface area contributed by atoms with Gasteiger partial charge in [-0.1, -0.05) is 26.7 Å². The number of hydrogen-bond donors (Lipinski definition) is 0. The molecule has 1 aromatic rings. The monoisotopic (exact) mass is 282 g/mol. The first-order chi connectivity index (χ1) is 9.11. The van der Waals surface area contributed by atoms with Crippen LogP contribution in [0, 0.1) is 5.92 Å². The Morgan fingerprint density at radius 1 is 1.53 bits per heavy atom. The van der Waals surface area contributed by atoms with Gasteiger partial charge >= 0.3 is 5.97 Å². The lowest BCUT2D eigenvalue weighted by Gasteiger charge is -2.30. The van der Waals surface area contributed by atoms with Gasteiger partial charge in [-0.05, 0) is 18.8 Å². The largest absolute Gasteiger partial charge is 0.464 e. The van der Waals surface area contributed by atoms with Crippen molar-refractivity contribution in [3.63, 3.8) is 0 Å². The number of ether oxygens (including phenoxy) is 1. The molecule has 5 heteroatoms. The number of anilines is 1. The molecule has 0 amide bonds. The van der Waals surface area contributed by atoms with E-state index in [1.165, 1.54) is 32.8 Å². The summed E-state index contributed by atoms with van der Waals surface area (Å²) in [6, 6.07) is 0.582. The second-order valence-corrected chi connectivity index (χ2v) is 6.33. The quantitative estimate of drug-likeness (QED) is 0.777. The summed E-state index contributed by atoms with van der Waals surface area (Å²) < 4.78 is 4.72. The van der Waals surface area contributed by atoms with Gasteiger partial charge in [0.05, 0.1) is 7.11 Å². The van der Waals surface area contributed by atoms with E-state index in [0.29, 0.717) is 17.7 Å². The van der Waals surface area contributed by atoms with Crippen LogP contribution in [0.5, 0.6) is 0 Å². The summed E-state index contributed by atoms with van der Waals surface area (Å²) >= 11 is 1.54. The first-order valence-corrected chi connectivity index (χ1v) is 7.80. The number of rotatable bonds is 5. The van der Waals surface area contributed by atoms with Crippen LogP contribution in [0.3, 0.4) is 0 Å². The zero-order valence-corrected chi connectivity index (χ0v) is 12.7. The maximum Gasteiger partial charge on any atom is 0.357 e. The maximum atomic E-state index is 11.5. The summed E-state index contributed by atoms with van der Waals surface area (Å²) in [5.41, 5.74) is 0.425. The summed E-state index contributed by atoms with van der Waals surface area (Å²) in [7, 11) is 1.39. The van der Waals surface area contributed by atoms with Crippen LogP contribution in [0.25, 0.3) is 0 Å². The molecule has 0 saturated heterocycles. The number of esters is 1. The Kier molecular flexibility index (Phi) is 4.80. The number of aromatic nitrogens is 1. The Morgan fingerprint density at radius 2 is 2.21 bits per heavy atom. The number of hydrogen-bond acceptors (Lipinski definition) is 5. The van der Waals surface area contributed by atoms with Gasteiger partial charge in [-0.2, -0.15) is 0 Å². The molecule has 1 aliphatic carbocycles. The van der Waals surface area contributed by atoms with Gasteiger partial charge in [0.2, 0.25) is 0 Å². The van der Waals surface area contributed by atoms with E-state index in [-0.39, 0.29) is 5.97 Å². The Labute approximate surface area is 118 Å². The van der Waals surface area contributed by atoms with Gasteiger partial charge in [-0.15, -0.1) is 11.3 Å². The summed E-state index contributed by atoms with van der Waals surface area (Å²) in [6.45, 7) is 5.44. The normalized spacial score (nSPS) is 16.0.